The standard InChI is InChI=1S/C20H26N2O2/c1-23-19-9-8-15(12-20(19)24-2)10-16-11-17(21)14-22(13-16)18-6-4-3-5-7-18/h3-9,12,16-17H,10-11,13-14,21H2,1-2H3. The quantitative estimate of drug-likeness (QED) is 0.917. The molecule has 2 N–H and O–H groups in total. The van der Waals surface area contributed by atoms with Crippen LogP contribution in [0, 0.1) is 5.92 Å². The molecule has 2 aromatic rings. The van der Waals surface area contributed by atoms with E-state index in [1.165, 1.54) is 11.3 Å². The molecule has 128 valence electrons. The summed E-state index contributed by atoms with van der Waals surface area (Å²) in [6.07, 6.45) is 2.05. The Kier molecular flexibility index (Phi) is 5.26. The average molecular weight is 326 g/mol. The maximum atomic E-state index is 6.32. The maximum Gasteiger partial charge on any atom is 0.160 e. The molecule has 2 unspecified atom stereocenters. The van der Waals surface area contributed by atoms with Crippen molar-refractivity contribution in [2.24, 2.45) is 11.7 Å². The number of hydrogen-bond donors (Lipinski definition) is 1. The van der Waals surface area contributed by atoms with Gasteiger partial charge < -0.3 is 20.1 Å². The summed E-state index contributed by atoms with van der Waals surface area (Å²) >= 11 is 0. The Labute approximate surface area is 144 Å². The lowest BCUT2D eigenvalue weighted by Gasteiger charge is -2.38. The van der Waals surface area contributed by atoms with Crippen molar-refractivity contribution < 1.29 is 9.47 Å². The van der Waals surface area contributed by atoms with Gasteiger partial charge in [0, 0.05) is 24.8 Å². The van der Waals surface area contributed by atoms with Crippen LogP contribution in [0.5, 0.6) is 11.5 Å². The minimum absolute atomic E-state index is 0.212. The van der Waals surface area contributed by atoms with Crippen molar-refractivity contribution in [1.82, 2.24) is 0 Å². The molecule has 0 amide bonds. The second-order valence-corrected chi connectivity index (χ2v) is 6.50. The van der Waals surface area contributed by atoms with Crippen molar-refractivity contribution in [3.8, 4) is 11.5 Å². The summed E-state index contributed by atoms with van der Waals surface area (Å²) in [5.74, 6) is 2.09. The third-order valence-electron chi connectivity index (χ3n) is 4.66. The van der Waals surface area contributed by atoms with Crippen LogP contribution in [0.1, 0.15) is 12.0 Å². The van der Waals surface area contributed by atoms with Gasteiger partial charge in [0.1, 0.15) is 0 Å². The molecule has 2 atom stereocenters. The molecular formula is C20H26N2O2. The minimum Gasteiger partial charge on any atom is -0.493 e. The molecule has 1 saturated heterocycles. The first kappa shape index (κ1) is 16.7. The number of hydrogen-bond acceptors (Lipinski definition) is 4. The van der Waals surface area contributed by atoms with Crippen molar-refractivity contribution in [2.75, 3.05) is 32.2 Å². The molecule has 2 aromatic carbocycles. The maximum absolute atomic E-state index is 6.32. The van der Waals surface area contributed by atoms with Crippen LogP contribution in [-0.4, -0.2) is 33.4 Å². The first-order chi connectivity index (χ1) is 11.7. The number of piperidine rings is 1. The highest BCUT2D eigenvalue weighted by Crippen LogP contribution is 2.30. The molecule has 24 heavy (non-hydrogen) atoms. The molecule has 4 heteroatoms. The number of nitrogens with two attached hydrogens (primary N) is 1. The average Bonchev–Trinajstić information content (AvgIpc) is 2.62. The molecule has 0 saturated carbocycles. The normalized spacial score (nSPS) is 20.7. The predicted molar refractivity (Wildman–Crippen MR) is 98.0 cm³/mol. The van der Waals surface area contributed by atoms with Crippen LogP contribution in [-0.2, 0) is 6.42 Å². The van der Waals surface area contributed by atoms with E-state index in [2.05, 4.69) is 47.4 Å². The van der Waals surface area contributed by atoms with E-state index in [0.29, 0.717) is 5.92 Å². The fourth-order valence-electron chi connectivity index (χ4n) is 3.58. The fraction of sp³-hybridized carbons (Fsp3) is 0.400. The number of nitrogens with zero attached hydrogens (tertiary/aromatic N) is 1. The molecule has 4 nitrogen and oxygen atoms in total. The van der Waals surface area contributed by atoms with Gasteiger partial charge in [-0.15, -0.1) is 0 Å². The van der Waals surface area contributed by atoms with E-state index in [9.17, 15) is 0 Å². The number of rotatable bonds is 5. The largest absolute Gasteiger partial charge is 0.493 e. The second-order valence-electron chi connectivity index (χ2n) is 6.50. The smallest absolute Gasteiger partial charge is 0.160 e. The van der Waals surface area contributed by atoms with Crippen LogP contribution in [0.2, 0.25) is 0 Å². The Hall–Kier alpha value is -2.20. The van der Waals surface area contributed by atoms with Gasteiger partial charge in [0.2, 0.25) is 0 Å². The fourth-order valence-corrected chi connectivity index (χ4v) is 3.58. The number of methoxy groups -OCH3 is 2. The summed E-state index contributed by atoms with van der Waals surface area (Å²) in [6.45, 7) is 1.96. The molecule has 0 spiro atoms. The molecule has 0 aliphatic carbocycles. The third-order valence-corrected chi connectivity index (χ3v) is 4.66. The Balaban J connectivity index is 1.72. The van der Waals surface area contributed by atoms with Crippen molar-refractivity contribution in [3.05, 3.63) is 54.1 Å². The number of benzene rings is 2. The second kappa shape index (κ2) is 7.58. The summed E-state index contributed by atoms with van der Waals surface area (Å²) in [4.78, 5) is 2.40. The van der Waals surface area contributed by atoms with Crippen molar-refractivity contribution in [2.45, 2.75) is 18.9 Å². The Morgan fingerprint density at radius 1 is 1.00 bits per heavy atom. The lowest BCUT2D eigenvalue weighted by Crippen LogP contribution is -2.47. The Morgan fingerprint density at radius 2 is 1.75 bits per heavy atom. The van der Waals surface area contributed by atoms with E-state index >= 15 is 0 Å². The van der Waals surface area contributed by atoms with Gasteiger partial charge in [-0.3, -0.25) is 0 Å². The first-order valence-corrected chi connectivity index (χ1v) is 8.46. The van der Waals surface area contributed by atoms with Crippen molar-refractivity contribution in [1.29, 1.82) is 0 Å². The van der Waals surface area contributed by atoms with E-state index in [-0.39, 0.29) is 6.04 Å². The molecule has 1 aliphatic heterocycles. The van der Waals surface area contributed by atoms with Gasteiger partial charge in [0.25, 0.3) is 0 Å². The molecule has 1 heterocycles. The van der Waals surface area contributed by atoms with E-state index in [1.54, 1.807) is 14.2 Å². The van der Waals surface area contributed by atoms with Crippen LogP contribution in [0.4, 0.5) is 5.69 Å². The van der Waals surface area contributed by atoms with Crippen LogP contribution in [0.25, 0.3) is 0 Å². The SMILES string of the molecule is COc1ccc(CC2CC(N)CN(c3ccccc3)C2)cc1OC. The number of para-hydroxylation sites is 1. The zero-order valence-electron chi connectivity index (χ0n) is 14.4. The van der Waals surface area contributed by atoms with Gasteiger partial charge in [-0.2, -0.15) is 0 Å². The van der Waals surface area contributed by atoms with E-state index < -0.39 is 0 Å². The lowest BCUT2D eigenvalue weighted by atomic mass is 9.88. The van der Waals surface area contributed by atoms with Crippen LogP contribution in [0.15, 0.2) is 48.5 Å². The molecule has 0 aromatic heterocycles. The van der Waals surface area contributed by atoms with Crippen LogP contribution >= 0.6 is 0 Å². The van der Waals surface area contributed by atoms with Gasteiger partial charge in [-0.05, 0) is 48.6 Å². The third kappa shape index (κ3) is 3.82. The Bertz CT molecular complexity index is 660. The van der Waals surface area contributed by atoms with E-state index in [0.717, 1.165) is 37.4 Å². The van der Waals surface area contributed by atoms with Gasteiger partial charge in [0.05, 0.1) is 14.2 Å². The summed E-state index contributed by atoms with van der Waals surface area (Å²) < 4.78 is 10.7. The van der Waals surface area contributed by atoms with Crippen LogP contribution in [0.3, 0.4) is 0 Å². The molecule has 1 aliphatic rings. The molecule has 1 fully saturated rings. The zero-order chi connectivity index (χ0) is 16.9. The van der Waals surface area contributed by atoms with E-state index in [1.807, 2.05) is 6.07 Å². The van der Waals surface area contributed by atoms with Gasteiger partial charge >= 0.3 is 0 Å². The summed E-state index contributed by atoms with van der Waals surface area (Å²) in [7, 11) is 3.34. The number of anilines is 1. The van der Waals surface area contributed by atoms with E-state index in [4.69, 9.17) is 15.2 Å². The van der Waals surface area contributed by atoms with Gasteiger partial charge in [0.15, 0.2) is 11.5 Å². The van der Waals surface area contributed by atoms with Gasteiger partial charge in [-0.1, -0.05) is 24.3 Å². The highest BCUT2D eigenvalue weighted by molar-refractivity contribution is 5.47. The monoisotopic (exact) mass is 326 g/mol. The summed E-state index contributed by atoms with van der Waals surface area (Å²) in [5, 5.41) is 0. The summed E-state index contributed by atoms with van der Waals surface area (Å²) in [5.41, 5.74) is 8.84. The van der Waals surface area contributed by atoms with Gasteiger partial charge in [-0.25, -0.2) is 0 Å². The number of ether oxygens (including phenoxy) is 2. The highest BCUT2D eigenvalue weighted by atomic mass is 16.5. The predicted octanol–water partition coefficient (Wildman–Crippen LogP) is 3.10. The highest BCUT2D eigenvalue weighted by Gasteiger charge is 2.25. The Morgan fingerprint density at radius 3 is 2.46 bits per heavy atom. The zero-order valence-corrected chi connectivity index (χ0v) is 14.4. The lowest BCUT2D eigenvalue weighted by molar-refractivity contribution is 0.352. The molecule has 3 rings (SSSR count). The minimum atomic E-state index is 0.212. The molecular weight excluding hydrogens is 300 g/mol. The van der Waals surface area contributed by atoms with Crippen molar-refractivity contribution >= 4 is 5.69 Å². The molecule has 0 bridgehead atoms. The van der Waals surface area contributed by atoms with Crippen LogP contribution < -0.4 is 20.1 Å². The first-order valence-electron chi connectivity index (χ1n) is 8.46. The molecule has 0 radical (unpaired) electrons. The summed E-state index contributed by atoms with van der Waals surface area (Å²) in [6, 6.07) is 16.9. The van der Waals surface area contributed by atoms with Crippen molar-refractivity contribution in [3.63, 3.8) is 0 Å². The topological polar surface area (TPSA) is 47.7 Å².